The molecule has 4 heteroatoms. The van der Waals surface area contributed by atoms with Crippen LogP contribution in [0.25, 0.3) is 11.0 Å². The Morgan fingerprint density at radius 1 is 1.40 bits per heavy atom. The number of fused-ring (bicyclic) bond motifs is 1. The first-order chi connectivity index (χ1) is 7.24. The lowest BCUT2D eigenvalue weighted by atomic mass is 10.1. The zero-order valence-corrected chi connectivity index (χ0v) is 8.75. The van der Waals surface area contributed by atoms with Crippen LogP contribution in [0, 0.1) is 0 Å². The molecule has 2 rings (SSSR count). The molecule has 1 aromatic heterocycles. The van der Waals surface area contributed by atoms with Crippen LogP contribution in [0.5, 0.6) is 0 Å². The molecule has 0 aliphatic rings. The van der Waals surface area contributed by atoms with Crippen LogP contribution < -0.4 is 5.73 Å². The Bertz CT molecular complexity index is 504. The zero-order chi connectivity index (χ0) is 10.8. The molecular weight excluding hydrogens is 214 g/mol. The molecular formula is C11H10ClNO2. The molecule has 0 unspecified atom stereocenters. The topological polar surface area (TPSA) is 56.2 Å². The van der Waals surface area contributed by atoms with Crippen molar-refractivity contribution in [1.29, 1.82) is 0 Å². The molecule has 0 fully saturated rings. The highest BCUT2D eigenvalue weighted by Crippen LogP contribution is 2.28. The number of furan rings is 1. The van der Waals surface area contributed by atoms with E-state index in [2.05, 4.69) is 0 Å². The molecule has 1 aromatic carbocycles. The Balaban J connectivity index is 2.52. The summed E-state index contributed by atoms with van der Waals surface area (Å²) in [4.78, 5) is 11.6. The first kappa shape index (κ1) is 10.2. The zero-order valence-electron chi connectivity index (χ0n) is 8.00. The molecule has 0 bridgehead atoms. The quantitative estimate of drug-likeness (QED) is 0.814. The lowest BCUT2D eigenvalue weighted by molar-refractivity contribution is 0.0985. The van der Waals surface area contributed by atoms with Gasteiger partial charge in [-0.25, -0.2) is 0 Å². The number of benzene rings is 1. The average molecular weight is 224 g/mol. The first-order valence-electron chi connectivity index (χ1n) is 4.63. The fourth-order valence-electron chi connectivity index (χ4n) is 1.49. The van der Waals surface area contributed by atoms with Crippen molar-refractivity contribution in [3.8, 4) is 0 Å². The van der Waals surface area contributed by atoms with Gasteiger partial charge < -0.3 is 10.2 Å². The number of ketones is 1. The number of hydrogen-bond acceptors (Lipinski definition) is 3. The maximum Gasteiger partial charge on any atom is 0.165 e. The summed E-state index contributed by atoms with van der Waals surface area (Å²) in [6.07, 6.45) is 1.86. The first-order valence-corrected chi connectivity index (χ1v) is 5.01. The minimum Gasteiger partial charge on any atom is -0.464 e. The van der Waals surface area contributed by atoms with E-state index < -0.39 is 0 Å². The number of nitrogens with two attached hydrogens (primary N) is 1. The Morgan fingerprint density at radius 2 is 2.20 bits per heavy atom. The molecule has 0 amide bonds. The van der Waals surface area contributed by atoms with E-state index in [-0.39, 0.29) is 5.78 Å². The fraction of sp³-hybridized carbons (Fsp3) is 0.182. The predicted molar refractivity (Wildman–Crippen MR) is 59.2 cm³/mol. The third-order valence-electron chi connectivity index (χ3n) is 2.24. The van der Waals surface area contributed by atoms with Gasteiger partial charge in [0, 0.05) is 17.4 Å². The molecule has 0 saturated heterocycles. The lowest BCUT2D eigenvalue weighted by Gasteiger charge is -2.02. The normalized spacial score (nSPS) is 10.8. The van der Waals surface area contributed by atoms with Gasteiger partial charge in [-0.1, -0.05) is 11.6 Å². The summed E-state index contributed by atoms with van der Waals surface area (Å²) in [7, 11) is 0. The van der Waals surface area contributed by atoms with Crippen LogP contribution in [-0.4, -0.2) is 12.3 Å². The second-order valence-electron chi connectivity index (χ2n) is 3.22. The number of Topliss-reactive ketones (excluding diaryl/α,β-unsaturated/α-hetero) is 1. The summed E-state index contributed by atoms with van der Waals surface area (Å²) < 4.78 is 5.17. The van der Waals surface area contributed by atoms with Crippen molar-refractivity contribution >= 4 is 28.4 Å². The maximum absolute atomic E-state index is 11.6. The van der Waals surface area contributed by atoms with Crippen LogP contribution in [0.1, 0.15) is 16.8 Å². The number of hydrogen-bond donors (Lipinski definition) is 1. The van der Waals surface area contributed by atoms with Gasteiger partial charge in [0.2, 0.25) is 0 Å². The highest BCUT2D eigenvalue weighted by atomic mass is 35.5. The summed E-state index contributed by atoms with van der Waals surface area (Å²) in [6.45, 7) is 0.332. The molecule has 78 valence electrons. The molecule has 0 spiro atoms. The maximum atomic E-state index is 11.6. The van der Waals surface area contributed by atoms with Crippen molar-refractivity contribution < 1.29 is 9.21 Å². The van der Waals surface area contributed by atoms with E-state index >= 15 is 0 Å². The molecule has 2 aromatic rings. The van der Waals surface area contributed by atoms with Crippen LogP contribution in [0.15, 0.2) is 28.9 Å². The number of carbonyl (C=O) groups is 1. The monoisotopic (exact) mass is 223 g/mol. The Hall–Kier alpha value is -1.32. The van der Waals surface area contributed by atoms with E-state index in [0.29, 0.717) is 29.1 Å². The van der Waals surface area contributed by atoms with Gasteiger partial charge in [0.15, 0.2) is 5.78 Å². The summed E-state index contributed by atoms with van der Waals surface area (Å²) in [5.74, 6) is -0.0365. The van der Waals surface area contributed by atoms with E-state index in [9.17, 15) is 4.79 Å². The van der Waals surface area contributed by atoms with Gasteiger partial charge in [0.05, 0.1) is 11.3 Å². The van der Waals surface area contributed by atoms with Crippen molar-refractivity contribution in [1.82, 2.24) is 0 Å². The Labute approximate surface area is 91.8 Å². The van der Waals surface area contributed by atoms with Crippen molar-refractivity contribution in [2.24, 2.45) is 5.73 Å². The van der Waals surface area contributed by atoms with Crippen LogP contribution in [0.4, 0.5) is 0 Å². The summed E-state index contributed by atoms with van der Waals surface area (Å²) in [5.41, 5.74) is 6.52. The van der Waals surface area contributed by atoms with Gasteiger partial charge in [0.1, 0.15) is 5.58 Å². The van der Waals surface area contributed by atoms with Crippen molar-refractivity contribution in [2.75, 3.05) is 6.54 Å². The Morgan fingerprint density at radius 3 is 2.93 bits per heavy atom. The number of rotatable bonds is 3. The smallest absolute Gasteiger partial charge is 0.165 e. The third-order valence-corrected chi connectivity index (χ3v) is 2.65. The van der Waals surface area contributed by atoms with Gasteiger partial charge in [-0.05, 0) is 24.7 Å². The van der Waals surface area contributed by atoms with Gasteiger partial charge in [-0.3, -0.25) is 4.79 Å². The third kappa shape index (κ3) is 1.76. The van der Waals surface area contributed by atoms with Crippen molar-refractivity contribution in [2.45, 2.75) is 6.42 Å². The van der Waals surface area contributed by atoms with Crippen molar-refractivity contribution in [3.05, 3.63) is 35.0 Å². The van der Waals surface area contributed by atoms with Crippen LogP contribution in [-0.2, 0) is 0 Å². The summed E-state index contributed by atoms with van der Waals surface area (Å²) >= 11 is 6.09. The molecule has 0 saturated carbocycles. The van der Waals surface area contributed by atoms with E-state index in [1.165, 1.54) is 0 Å². The highest BCUT2D eigenvalue weighted by Gasteiger charge is 2.13. The predicted octanol–water partition coefficient (Wildman–Crippen LogP) is 2.62. The van der Waals surface area contributed by atoms with Crippen LogP contribution >= 0.6 is 11.6 Å². The highest BCUT2D eigenvalue weighted by molar-refractivity contribution is 6.38. The SMILES string of the molecule is NCCC(=O)c1ccc2occc2c1Cl. The molecule has 0 aliphatic carbocycles. The molecule has 0 atom stereocenters. The number of halogens is 1. The largest absolute Gasteiger partial charge is 0.464 e. The van der Waals surface area contributed by atoms with Crippen LogP contribution in [0.2, 0.25) is 5.02 Å². The summed E-state index contributed by atoms with van der Waals surface area (Å²) in [6, 6.07) is 5.16. The van der Waals surface area contributed by atoms with Gasteiger partial charge >= 0.3 is 0 Å². The lowest BCUT2D eigenvalue weighted by Crippen LogP contribution is -2.08. The van der Waals surface area contributed by atoms with Gasteiger partial charge in [-0.15, -0.1) is 0 Å². The Kier molecular flexibility index (Phi) is 2.75. The van der Waals surface area contributed by atoms with Gasteiger partial charge in [-0.2, -0.15) is 0 Å². The summed E-state index contributed by atoms with van der Waals surface area (Å²) in [5, 5.41) is 1.21. The fourth-order valence-corrected chi connectivity index (χ4v) is 1.81. The van der Waals surface area contributed by atoms with E-state index in [4.69, 9.17) is 21.8 Å². The standard InChI is InChI=1S/C11H10ClNO2/c12-11-7(9(14)3-5-13)1-2-10-8(11)4-6-15-10/h1-2,4,6H,3,5,13H2. The van der Waals surface area contributed by atoms with Crippen molar-refractivity contribution in [3.63, 3.8) is 0 Å². The number of carbonyl (C=O) groups excluding carboxylic acids is 1. The van der Waals surface area contributed by atoms with E-state index in [0.717, 1.165) is 5.39 Å². The molecule has 3 nitrogen and oxygen atoms in total. The second-order valence-corrected chi connectivity index (χ2v) is 3.60. The van der Waals surface area contributed by atoms with E-state index in [1.807, 2.05) is 0 Å². The minimum absolute atomic E-state index is 0.0365. The molecule has 1 heterocycles. The molecule has 2 N–H and O–H groups in total. The second kappa shape index (κ2) is 4.04. The average Bonchev–Trinajstić information content (AvgIpc) is 2.67. The van der Waals surface area contributed by atoms with Gasteiger partial charge in [0.25, 0.3) is 0 Å². The van der Waals surface area contributed by atoms with E-state index in [1.54, 1.807) is 24.5 Å². The van der Waals surface area contributed by atoms with Crippen LogP contribution in [0.3, 0.4) is 0 Å². The minimum atomic E-state index is -0.0365. The molecule has 15 heavy (non-hydrogen) atoms. The molecule has 0 aliphatic heterocycles. The molecule has 0 radical (unpaired) electrons.